The van der Waals surface area contributed by atoms with Crippen molar-refractivity contribution in [2.45, 2.75) is 44.7 Å². The topological polar surface area (TPSA) is 116 Å². The van der Waals surface area contributed by atoms with Crippen LogP contribution in [0.1, 0.15) is 37.9 Å². The number of ether oxygens (including phenoxy) is 1. The van der Waals surface area contributed by atoms with E-state index in [2.05, 4.69) is 38.5 Å². The predicted molar refractivity (Wildman–Crippen MR) is 116 cm³/mol. The molecule has 3 aromatic heterocycles. The summed E-state index contributed by atoms with van der Waals surface area (Å²) in [5.41, 5.74) is 10.4. The second-order valence-electron chi connectivity index (χ2n) is 8.02. The number of nitrogens with one attached hydrogen (secondary N) is 2. The zero-order chi connectivity index (χ0) is 20.5. The molecule has 1 unspecified atom stereocenters. The molecule has 30 heavy (non-hydrogen) atoms. The van der Waals surface area contributed by atoms with Crippen molar-refractivity contribution < 1.29 is 4.74 Å². The maximum atomic E-state index is 6.18. The van der Waals surface area contributed by atoms with Crippen LogP contribution in [0, 0.1) is 0 Å². The largest absolute Gasteiger partial charge is 0.382 e. The van der Waals surface area contributed by atoms with Gasteiger partial charge in [-0.2, -0.15) is 5.10 Å². The number of fused-ring (bicyclic) bond motifs is 1. The number of aryl methyl sites for hydroxylation is 1. The van der Waals surface area contributed by atoms with Gasteiger partial charge in [-0.25, -0.2) is 15.0 Å². The second-order valence-corrected chi connectivity index (χ2v) is 8.02. The average Bonchev–Trinajstić information content (AvgIpc) is 3.47. The third-order valence-electron chi connectivity index (χ3n) is 6.00. The van der Waals surface area contributed by atoms with Gasteiger partial charge >= 0.3 is 0 Å². The molecule has 2 aliphatic rings. The predicted octanol–water partition coefficient (Wildman–Crippen LogP) is 2.16. The number of hydrogen-bond donors (Lipinski definition) is 3. The summed E-state index contributed by atoms with van der Waals surface area (Å²) in [6.45, 7) is 5.59. The molecule has 1 atom stereocenters. The van der Waals surface area contributed by atoms with Crippen molar-refractivity contribution in [3.05, 3.63) is 24.3 Å². The van der Waals surface area contributed by atoms with Crippen LogP contribution < -0.4 is 16.4 Å². The van der Waals surface area contributed by atoms with E-state index >= 15 is 0 Å². The number of nitrogens with two attached hydrogens (primary N) is 1. The Kier molecular flexibility index (Phi) is 5.22. The lowest BCUT2D eigenvalue weighted by Crippen LogP contribution is -2.29. The number of nitrogens with zero attached hydrogens (tertiary/aromatic N) is 5. The van der Waals surface area contributed by atoms with Crippen molar-refractivity contribution in [2.75, 3.05) is 37.4 Å². The maximum Gasteiger partial charge on any atom is 0.151 e. The van der Waals surface area contributed by atoms with Gasteiger partial charge in [0.15, 0.2) is 5.82 Å². The Balaban J connectivity index is 1.56. The van der Waals surface area contributed by atoms with Crippen molar-refractivity contribution >= 4 is 22.7 Å². The monoisotopic (exact) mass is 408 g/mol. The molecule has 0 aliphatic carbocycles. The van der Waals surface area contributed by atoms with Crippen LogP contribution in [0.15, 0.2) is 18.6 Å². The summed E-state index contributed by atoms with van der Waals surface area (Å²) in [5, 5.41) is 11.6. The summed E-state index contributed by atoms with van der Waals surface area (Å²) in [5.74, 6) is 1.20. The summed E-state index contributed by atoms with van der Waals surface area (Å²) < 4.78 is 7.58. The summed E-state index contributed by atoms with van der Waals surface area (Å²) >= 11 is 0. The minimum absolute atomic E-state index is 0.257. The molecule has 0 bridgehead atoms. The first kappa shape index (κ1) is 19.2. The lowest BCUT2D eigenvalue weighted by Gasteiger charge is -2.22. The van der Waals surface area contributed by atoms with E-state index in [1.54, 1.807) is 6.20 Å². The third-order valence-corrected chi connectivity index (χ3v) is 6.00. The van der Waals surface area contributed by atoms with Gasteiger partial charge in [-0.05, 0) is 38.8 Å². The molecule has 0 spiro atoms. The van der Waals surface area contributed by atoms with Crippen LogP contribution in [0.5, 0.6) is 0 Å². The minimum atomic E-state index is 0.257. The Labute approximate surface area is 175 Å². The number of hydrogen-bond acceptors (Lipinski definition) is 8. The maximum absolute atomic E-state index is 6.18. The second kappa shape index (κ2) is 8.16. The molecule has 5 heterocycles. The molecular formula is C21H28N8O. The summed E-state index contributed by atoms with van der Waals surface area (Å²) in [6.07, 6.45) is 9.66. The van der Waals surface area contributed by atoms with Crippen molar-refractivity contribution in [3.63, 3.8) is 0 Å². The van der Waals surface area contributed by atoms with Crippen molar-refractivity contribution in [3.8, 4) is 11.1 Å². The van der Waals surface area contributed by atoms with E-state index in [4.69, 9.17) is 20.4 Å². The molecular weight excluding hydrogens is 380 g/mol. The van der Waals surface area contributed by atoms with Gasteiger partial charge in [-0.1, -0.05) is 6.92 Å². The number of rotatable bonds is 5. The van der Waals surface area contributed by atoms with E-state index in [0.29, 0.717) is 24.0 Å². The molecule has 2 saturated heterocycles. The highest BCUT2D eigenvalue weighted by atomic mass is 16.5. The van der Waals surface area contributed by atoms with Crippen molar-refractivity contribution in [1.29, 1.82) is 0 Å². The summed E-state index contributed by atoms with van der Waals surface area (Å²) in [6, 6.07) is 0.678. The van der Waals surface area contributed by atoms with Gasteiger partial charge in [0.1, 0.15) is 16.9 Å². The summed E-state index contributed by atoms with van der Waals surface area (Å²) in [7, 11) is 0. The zero-order valence-electron chi connectivity index (χ0n) is 17.3. The lowest BCUT2D eigenvalue weighted by atomic mass is 10.1. The molecule has 4 N–H and O–H groups in total. The standard InChI is InChI=1S/C21H28N8O/c1-2-17-21(26-14-5-8-30-12-14)28-18-16(10-24-20(22)19(18)27-17)13-9-25-29(11-13)15-3-6-23-7-4-15/h9-11,14-15,23H,2-8,12H2,1H3,(H2,22,24)(H,26,28). The first-order chi connectivity index (χ1) is 14.7. The van der Waals surface area contributed by atoms with Crippen LogP contribution in [0.25, 0.3) is 22.2 Å². The van der Waals surface area contributed by atoms with E-state index in [1.807, 2.05) is 6.20 Å². The van der Waals surface area contributed by atoms with Crippen LogP contribution in [0.3, 0.4) is 0 Å². The SMILES string of the molecule is CCc1nc2c(N)ncc(-c3cnn(C4CCNCC4)c3)c2nc1NC1CCOC1. The molecule has 5 rings (SSSR count). The highest BCUT2D eigenvalue weighted by molar-refractivity contribution is 5.96. The Morgan fingerprint density at radius 2 is 2.07 bits per heavy atom. The fourth-order valence-electron chi connectivity index (χ4n) is 4.26. The molecule has 0 saturated carbocycles. The Hall–Kier alpha value is -2.78. The minimum Gasteiger partial charge on any atom is -0.382 e. The fourth-order valence-corrected chi connectivity index (χ4v) is 4.26. The van der Waals surface area contributed by atoms with E-state index in [-0.39, 0.29) is 6.04 Å². The molecule has 0 amide bonds. The number of piperidine rings is 1. The quantitative estimate of drug-likeness (QED) is 0.588. The average molecular weight is 409 g/mol. The molecule has 0 aromatic carbocycles. The molecule has 2 aliphatic heterocycles. The number of anilines is 2. The molecule has 9 heteroatoms. The van der Waals surface area contributed by atoms with Gasteiger partial charge in [0.05, 0.1) is 30.6 Å². The number of aromatic nitrogens is 5. The Morgan fingerprint density at radius 1 is 1.20 bits per heavy atom. The van der Waals surface area contributed by atoms with Gasteiger partial charge in [-0.15, -0.1) is 0 Å². The normalized spacial score (nSPS) is 20.1. The van der Waals surface area contributed by atoms with Crippen LogP contribution >= 0.6 is 0 Å². The smallest absolute Gasteiger partial charge is 0.151 e. The lowest BCUT2D eigenvalue weighted by molar-refractivity contribution is 0.195. The van der Waals surface area contributed by atoms with Gasteiger partial charge in [0.25, 0.3) is 0 Å². The van der Waals surface area contributed by atoms with E-state index in [0.717, 1.165) is 73.5 Å². The van der Waals surface area contributed by atoms with Crippen molar-refractivity contribution in [1.82, 2.24) is 30.0 Å². The van der Waals surface area contributed by atoms with Gasteiger partial charge in [0, 0.05) is 30.1 Å². The van der Waals surface area contributed by atoms with Gasteiger partial charge in [-0.3, -0.25) is 4.68 Å². The first-order valence-electron chi connectivity index (χ1n) is 10.8. The highest BCUT2D eigenvalue weighted by Gasteiger charge is 2.21. The van der Waals surface area contributed by atoms with E-state index in [1.165, 1.54) is 0 Å². The van der Waals surface area contributed by atoms with Crippen LogP contribution in [0.2, 0.25) is 0 Å². The highest BCUT2D eigenvalue weighted by Crippen LogP contribution is 2.31. The van der Waals surface area contributed by atoms with Crippen molar-refractivity contribution in [2.24, 2.45) is 0 Å². The van der Waals surface area contributed by atoms with Gasteiger partial charge in [0.2, 0.25) is 0 Å². The Bertz CT molecular complexity index is 1040. The number of nitrogen functional groups attached to an aromatic ring is 1. The van der Waals surface area contributed by atoms with Crippen LogP contribution in [-0.4, -0.2) is 57.1 Å². The molecule has 9 nitrogen and oxygen atoms in total. The molecule has 3 aromatic rings. The summed E-state index contributed by atoms with van der Waals surface area (Å²) in [4.78, 5) is 14.2. The van der Waals surface area contributed by atoms with Crippen LogP contribution in [-0.2, 0) is 11.2 Å². The van der Waals surface area contributed by atoms with Crippen LogP contribution in [0.4, 0.5) is 11.6 Å². The Morgan fingerprint density at radius 3 is 2.83 bits per heavy atom. The van der Waals surface area contributed by atoms with E-state index in [9.17, 15) is 0 Å². The molecule has 0 radical (unpaired) electrons. The number of pyridine rings is 1. The zero-order valence-corrected chi connectivity index (χ0v) is 17.3. The molecule has 2 fully saturated rings. The molecule has 158 valence electrons. The fraction of sp³-hybridized carbons (Fsp3) is 0.524. The van der Waals surface area contributed by atoms with E-state index < -0.39 is 0 Å². The van der Waals surface area contributed by atoms with Gasteiger partial charge < -0.3 is 21.1 Å². The third kappa shape index (κ3) is 3.59. The first-order valence-corrected chi connectivity index (χ1v) is 10.8.